The van der Waals surface area contributed by atoms with Gasteiger partial charge in [-0.15, -0.1) is 0 Å². The molecule has 0 atom stereocenters. The summed E-state index contributed by atoms with van der Waals surface area (Å²) in [6, 6.07) is 65.3. The third kappa shape index (κ3) is 6.05. The summed E-state index contributed by atoms with van der Waals surface area (Å²) in [5.41, 5.74) is 12.1. The van der Waals surface area contributed by atoms with Gasteiger partial charge in [-0.05, 0) is 62.7 Å². The standard InChI is InChI=1S/C45H31N3/c1-4-15-32(16-5-1)35-21-12-23-37(29-35)41-27-10-11-28-42(41)38-24-14-26-40(31-38)45-47-43(34-19-8-3-9-20-34)46-44(48-45)39-25-13-22-36(30-39)33-17-6-2-7-18-33/h1-31H. The zero-order chi connectivity index (χ0) is 32.1. The van der Waals surface area contributed by atoms with Crippen molar-refractivity contribution >= 4 is 0 Å². The second-order valence-corrected chi connectivity index (χ2v) is 11.7. The molecule has 1 heterocycles. The van der Waals surface area contributed by atoms with Crippen molar-refractivity contribution in [2.45, 2.75) is 0 Å². The molecule has 8 aromatic rings. The van der Waals surface area contributed by atoms with Crippen LogP contribution in [0.1, 0.15) is 0 Å². The van der Waals surface area contributed by atoms with E-state index in [0.29, 0.717) is 17.5 Å². The molecule has 0 N–H and O–H groups in total. The van der Waals surface area contributed by atoms with E-state index in [1.165, 1.54) is 22.3 Å². The molecule has 0 aliphatic rings. The molecule has 8 rings (SSSR count). The molecule has 0 fully saturated rings. The first-order valence-electron chi connectivity index (χ1n) is 16.1. The monoisotopic (exact) mass is 613 g/mol. The zero-order valence-electron chi connectivity index (χ0n) is 26.2. The van der Waals surface area contributed by atoms with E-state index >= 15 is 0 Å². The van der Waals surface area contributed by atoms with E-state index in [2.05, 4.69) is 152 Å². The Balaban J connectivity index is 1.23. The largest absolute Gasteiger partial charge is 0.208 e. The number of benzene rings is 7. The number of hydrogen-bond acceptors (Lipinski definition) is 3. The molecule has 0 amide bonds. The number of nitrogens with zero attached hydrogens (tertiary/aromatic N) is 3. The third-order valence-electron chi connectivity index (χ3n) is 8.53. The molecule has 0 aliphatic heterocycles. The predicted octanol–water partition coefficient (Wildman–Crippen LogP) is 11.5. The van der Waals surface area contributed by atoms with Gasteiger partial charge in [0.15, 0.2) is 17.5 Å². The Morgan fingerprint density at radius 1 is 0.208 bits per heavy atom. The number of hydrogen-bond donors (Lipinski definition) is 0. The Kier molecular flexibility index (Phi) is 7.92. The highest BCUT2D eigenvalue weighted by molar-refractivity contribution is 5.86. The van der Waals surface area contributed by atoms with Crippen molar-refractivity contribution in [3.05, 3.63) is 188 Å². The maximum atomic E-state index is 5.07. The molecule has 226 valence electrons. The Morgan fingerprint density at radius 2 is 0.500 bits per heavy atom. The van der Waals surface area contributed by atoms with Crippen molar-refractivity contribution in [2.75, 3.05) is 0 Å². The molecule has 7 aromatic carbocycles. The summed E-state index contributed by atoms with van der Waals surface area (Å²) in [7, 11) is 0. The lowest BCUT2D eigenvalue weighted by Gasteiger charge is -2.13. The van der Waals surface area contributed by atoms with Crippen LogP contribution in [0.3, 0.4) is 0 Å². The molecule has 0 radical (unpaired) electrons. The smallest absolute Gasteiger partial charge is 0.164 e. The molecule has 0 bridgehead atoms. The summed E-state index contributed by atoms with van der Waals surface area (Å²) >= 11 is 0. The fourth-order valence-corrected chi connectivity index (χ4v) is 6.13. The average molecular weight is 614 g/mol. The highest BCUT2D eigenvalue weighted by Gasteiger charge is 2.15. The van der Waals surface area contributed by atoms with Crippen LogP contribution in [0.5, 0.6) is 0 Å². The van der Waals surface area contributed by atoms with E-state index in [-0.39, 0.29) is 0 Å². The minimum atomic E-state index is 0.634. The second-order valence-electron chi connectivity index (χ2n) is 11.7. The minimum absolute atomic E-state index is 0.634. The molecule has 1 aromatic heterocycles. The summed E-state index contributed by atoms with van der Waals surface area (Å²) in [4.78, 5) is 15.1. The Hall–Kier alpha value is -6.45. The van der Waals surface area contributed by atoms with E-state index in [1.54, 1.807) is 0 Å². The normalized spacial score (nSPS) is 10.9. The van der Waals surface area contributed by atoms with E-state index in [0.717, 1.165) is 38.9 Å². The Labute approximate surface area is 280 Å². The summed E-state index contributed by atoms with van der Waals surface area (Å²) in [5, 5.41) is 0. The van der Waals surface area contributed by atoms with Crippen molar-refractivity contribution in [1.82, 2.24) is 15.0 Å². The van der Waals surface area contributed by atoms with Gasteiger partial charge >= 0.3 is 0 Å². The summed E-state index contributed by atoms with van der Waals surface area (Å²) in [5.74, 6) is 1.92. The summed E-state index contributed by atoms with van der Waals surface area (Å²) in [6.07, 6.45) is 0. The van der Waals surface area contributed by atoms with Gasteiger partial charge in [0.25, 0.3) is 0 Å². The van der Waals surface area contributed by atoms with Crippen LogP contribution in [-0.2, 0) is 0 Å². The van der Waals surface area contributed by atoms with Crippen LogP contribution < -0.4 is 0 Å². The molecule has 0 spiro atoms. The second kappa shape index (κ2) is 13.1. The third-order valence-corrected chi connectivity index (χ3v) is 8.53. The van der Waals surface area contributed by atoms with Gasteiger partial charge in [-0.3, -0.25) is 0 Å². The van der Waals surface area contributed by atoms with Gasteiger partial charge < -0.3 is 0 Å². The minimum Gasteiger partial charge on any atom is -0.208 e. The molecular formula is C45H31N3. The predicted molar refractivity (Wildman–Crippen MR) is 198 cm³/mol. The van der Waals surface area contributed by atoms with Gasteiger partial charge in [0.1, 0.15) is 0 Å². The molecule has 0 saturated heterocycles. The first-order chi connectivity index (χ1) is 23.8. The highest BCUT2D eigenvalue weighted by Crippen LogP contribution is 2.36. The molecule has 3 heteroatoms. The quantitative estimate of drug-likeness (QED) is 0.179. The van der Waals surface area contributed by atoms with Crippen LogP contribution in [0.15, 0.2) is 188 Å². The fourth-order valence-electron chi connectivity index (χ4n) is 6.13. The lowest BCUT2D eigenvalue weighted by atomic mass is 9.92. The van der Waals surface area contributed by atoms with E-state index < -0.39 is 0 Å². The zero-order valence-corrected chi connectivity index (χ0v) is 26.2. The first kappa shape index (κ1) is 29.0. The summed E-state index contributed by atoms with van der Waals surface area (Å²) < 4.78 is 0. The van der Waals surface area contributed by atoms with Crippen LogP contribution >= 0.6 is 0 Å². The van der Waals surface area contributed by atoms with E-state index in [1.807, 2.05) is 36.4 Å². The van der Waals surface area contributed by atoms with E-state index in [4.69, 9.17) is 15.0 Å². The topological polar surface area (TPSA) is 38.7 Å². The van der Waals surface area contributed by atoms with Crippen LogP contribution in [0, 0.1) is 0 Å². The van der Waals surface area contributed by atoms with Crippen LogP contribution in [0.2, 0.25) is 0 Å². The Bertz CT molecular complexity index is 2330. The fraction of sp³-hybridized carbons (Fsp3) is 0. The van der Waals surface area contributed by atoms with Crippen molar-refractivity contribution in [1.29, 1.82) is 0 Å². The van der Waals surface area contributed by atoms with Gasteiger partial charge in [-0.2, -0.15) is 0 Å². The van der Waals surface area contributed by atoms with E-state index in [9.17, 15) is 0 Å². The van der Waals surface area contributed by atoms with Crippen LogP contribution in [-0.4, -0.2) is 15.0 Å². The Morgan fingerprint density at radius 3 is 0.958 bits per heavy atom. The van der Waals surface area contributed by atoms with Gasteiger partial charge in [0, 0.05) is 16.7 Å². The average Bonchev–Trinajstić information content (AvgIpc) is 3.19. The maximum absolute atomic E-state index is 5.07. The molecule has 48 heavy (non-hydrogen) atoms. The van der Waals surface area contributed by atoms with Crippen LogP contribution in [0.4, 0.5) is 0 Å². The van der Waals surface area contributed by atoms with Gasteiger partial charge in [-0.25, -0.2) is 15.0 Å². The van der Waals surface area contributed by atoms with Crippen LogP contribution in [0.25, 0.3) is 78.7 Å². The van der Waals surface area contributed by atoms with Crippen molar-refractivity contribution in [3.8, 4) is 78.7 Å². The van der Waals surface area contributed by atoms with Crippen molar-refractivity contribution in [3.63, 3.8) is 0 Å². The molecular weight excluding hydrogens is 583 g/mol. The first-order valence-corrected chi connectivity index (χ1v) is 16.1. The van der Waals surface area contributed by atoms with Gasteiger partial charge in [0.2, 0.25) is 0 Å². The van der Waals surface area contributed by atoms with Gasteiger partial charge in [0.05, 0.1) is 0 Å². The molecule has 0 unspecified atom stereocenters. The number of rotatable bonds is 7. The molecule has 0 aliphatic carbocycles. The SMILES string of the molecule is c1ccc(-c2cccc(-c3nc(-c4ccccc4)nc(-c4cccc(-c5ccccc5-c5cccc(-c6ccccc6)c5)c4)n3)c2)cc1. The highest BCUT2D eigenvalue weighted by atomic mass is 15.0. The van der Waals surface area contributed by atoms with Gasteiger partial charge in [-0.1, -0.05) is 170 Å². The van der Waals surface area contributed by atoms with Crippen molar-refractivity contribution in [2.24, 2.45) is 0 Å². The maximum Gasteiger partial charge on any atom is 0.164 e. The molecule has 0 saturated carbocycles. The number of aromatic nitrogens is 3. The van der Waals surface area contributed by atoms with Crippen molar-refractivity contribution < 1.29 is 0 Å². The lowest BCUT2D eigenvalue weighted by Crippen LogP contribution is -2.00. The lowest BCUT2D eigenvalue weighted by molar-refractivity contribution is 1.07. The summed E-state index contributed by atoms with van der Waals surface area (Å²) in [6.45, 7) is 0. The molecule has 3 nitrogen and oxygen atoms in total.